The molecule has 11 heteroatoms. The molecule has 0 bridgehead atoms. The standard InChI is InChI=1S/C16H19F3N2O5S/c1-4-26-13(22)10-11(8-6-5-7-9(24-2)12(8)25-3)20-14(27)21-15(10,23)16(17,18)19/h5-7,10-11,23H,4H2,1-3H3,(H2,20,21,27)/t10-,11-,15+/m0/s1. The Kier molecular flexibility index (Phi) is 6.05. The molecule has 0 saturated carbocycles. The molecule has 1 aliphatic heterocycles. The van der Waals surface area contributed by atoms with E-state index in [0.29, 0.717) is 0 Å². The molecule has 0 aromatic heterocycles. The lowest BCUT2D eigenvalue weighted by molar-refractivity contribution is -0.292. The molecule has 0 aliphatic carbocycles. The van der Waals surface area contributed by atoms with Crippen LogP contribution in [0.15, 0.2) is 18.2 Å². The lowest BCUT2D eigenvalue weighted by Gasteiger charge is -2.45. The van der Waals surface area contributed by atoms with Gasteiger partial charge in [0.05, 0.1) is 26.9 Å². The van der Waals surface area contributed by atoms with Crippen molar-refractivity contribution in [3.63, 3.8) is 0 Å². The van der Waals surface area contributed by atoms with Crippen LogP contribution in [0.25, 0.3) is 0 Å². The topological polar surface area (TPSA) is 89.1 Å². The number of aliphatic hydroxyl groups is 1. The van der Waals surface area contributed by atoms with Crippen LogP contribution in [0, 0.1) is 5.92 Å². The third kappa shape index (κ3) is 3.74. The molecule has 0 spiro atoms. The minimum absolute atomic E-state index is 0.0982. The minimum Gasteiger partial charge on any atom is -0.493 e. The van der Waals surface area contributed by atoms with Gasteiger partial charge in [-0.05, 0) is 25.2 Å². The van der Waals surface area contributed by atoms with Crippen LogP contribution in [0.1, 0.15) is 18.5 Å². The Balaban J connectivity index is 2.68. The number of hydrogen-bond donors (Lipinski definition) is 3. The zero-order valence-corrected chi connectivity index (χ0v) is 15.5. The van der Waals surface area contributed by atoms with Crippen LogP contribution in [-0.4, -0.2) is 48.9 Å². The van der Waals surface area contributed by atoms with Crippen molar-refractivity contribution in [3.8, 4) is 11.5 Å². The van der Waals surface area contributed by atoms with Crippen molar-refractivity contribution >= 4 is 23.3 Å². The molecule has 1 aromatic rings. The number of esters is 1. The van der Waals surface area contributed by atoms with Crippen molar-refractivity contribution in [2.24, 2.45) is 5.92 Å². The number of methoxy groups -OCH3 is 2. The second-order valence-corrected chi connectivity index (χ2v) is 6.06. The van der Waals surface area contributed by atoms with Crippen molar-refractivity contribution in [1.82, 2.24) is 10.6 Å². The highest BCUT2D eigenvalue weighted by Gasteiger charge is 2.66. The lowest BCUT2D eigenvalue weighted by Crippen LogP contribution is -2.73. The number of para-hydroxylation sites is 1. The van der Waals surface area contributed by atoms with Gasteiger partial charge in [-0.2, -0.15) is 13.2 Å². The smallest absolute Gasteiger partial charge is 0.437 e. The Morgan fingerprint density at radius 2 is 2.00 bits per heavy atom. The fourth-order valence-electron chi connectivity index (χ4n) is 2.95. The molecule has 27 heavy (non-hydrogen) atoms. The normalized spacial score (nSPS) is 25.2. The molecule has 3 atom stereocenters. The summed E-state index contributed by atoms with van der Waals surface area (Å²) in [6.07, 6.45) is -5.22. The summed E-state index contributed by atoms with van der Waals surface area (Å²) >= 11 is 4.84. The van der Waals surface area contributed by atoms with Crippen LogP contribution >= 0.6 is 12.2 Å². The summed E-state index contributed by atoms with van der Waals surface area (Å²) < 4.78 is 56.3. The summed E-state index contributed by atoms with van der Waals surface area (Å²) in [5.41, 5.74) is -3.50. The molecule has 0 radical (unpaired) electrons. The maximum absolute atomic E-state index is 13.7. The first-order valence-corrected chi connectivity index (χ1v) is 8.26. The van der Waals surface area contributed by atoms with E-state index < -0.39 is 34.9 Å². The van der Waals surface area contributed by atoms with Gasteiger partial charge in [-0.3, -0.25) is 4.79 Å². The predicted octanol–water partition coefficient (Wildman–Crippen LogP) is 1.65. The van der Waals surface area contributed by atoms with Crippen molar-refractivity contribution in [3.05, 3.63) is 23.8 Å². The summed E-state index contributed by atoms with van der Waals surface area (Å²) in [4.78, 5) is 12.4. The number of alkyl halides is 3. The van der Waals surface area contributed by atoms with Gasteiger partial charge in [-0.1, -0.05) is 12.1 Å². The number of nitrogens with one attached hydrogen (secondary N) is 2. The molecular formula is C16H19F3N2O5S. The van der Waals surface area contributed by atoms with E-state index in [9.17, 15) is 23.1 Å². The van der Waals surface area contributed by atoms with E-state index in [-0.39, 0.29) is 23.7 Å². The fourth-order valence-corrected chi connectivity index (χ4v) is 3.24. The zero-order valence-electron chi connectivity index (χ0n) is 14.7. The highest BCUT2D eigenvalue weighted by molar-refractivity contribution is 7.80. The van der Waals surface area contributed by atoms with Crippen LogP contribution < -0.4 is 20.1 Å². The van der Waals surface area contributed by atoms with Gasteiger partial charge < -0.3 is 30.0 Å². The Labute approximate surface area is 158 Å². The first-order chi connectivity index (χ1) is 12.6. The third-order valence-electron chi connectivity index (χ3n) is 4.12. The van der Waals surface area contributed by atoms with Gasteiger partial charge in [0.25, 0.3) is 5.72 Å². The van der Waals surface area contributed by atoms with E-state index in [1.54, 1.807) is 5.32 Å². The van der Waals surface area contributed by atoms with Gasteiger partial charge in [0.1, 0.15) is 5.92 Å². The number of thiocarbonyl (C=S) groups is 1. The van der Waals surface area contributed by atoms with Gasteiger partial charge >= 0.3 is 12.1 Å². The predicted molar refractivity (Wildman–Crippen MR) is 92.3 cm³/mol. The maximum Gasteiger partial charge on any atom is 0.437 e. The minimum atomic E-state index is -5.22. The highest BCUT2D eigenvalue weighted by atomic mass is 32.1. The van der Waals surface area contributed by atoms with E-state index in [4.69, 9.17) is 26.4 Å². The molecule has 150 valence electrons. The summed E-state index contributed by atoms with van der Waals surface area (Å²) in [5.74, 6) is -3.03. The van der Waals surface area contributed by atoms with E-state index in [1.807, 2.05) is 0 Å². The molecule has 3 N–H and O–H groups in total. The third-order valence-corrected chi connectivity index (χ3v) is 4.34. The van der Waals surface area contributed by atoms with Crippen molar-refractivity contribution in [2.45, 2.75) is 24.9 Å². The molecule has 1 aliphatic rings. The Morgan fingerprint density at radius 1 is 1.33 bits per heavy atom. The molecule has 1 fully saturated rings. The van der Waals surface area contributed by atoms with Crippen molar-refractivity contribution in [2.75, 3.05) is 20.8 Å². The number of benzene rings is 1. The number of carbonyl (C=O) groups excluding carboxylic acids is 1. The first kappa shape index (κ1) is 21.0. The molecule has 1 aromatic carbocycles. The van der Waals surface area contributed by atoms with Gasteiger partial charge in [-0.25, -0.2) is 0 Å². The van der Waals surface area contributed by atoms with Gasteiger partial charge in [0, 0.05) is 5.56 Å². The molecule has 1 heterocycles. The molecule has 7 nitrogen and oxygen atoms in total. The maximum atomic E-state index is 13.7. The van der Waals surface area contributed by atoms with E-state index in [1.165, 1.54) is 39.3 Å². The highest BCUT2D eigenvalue weighted by Crippen LogP contribution is 2.46. The quantitative estimate of drug-likeness (QED) is 0.501. The van der Waals surface area contributed by atoms with Crippen LogP contribution in [0.2, 0.25) is 0 Å². The SMILES string of the molecule is CCOC(=O)[C@@H]1[C@H](c2cccc(OC)c2OC)NC(=S)N[C@]1(O)C(F)(F)F. The molecular weight excluding hydrogens is 389 g/mol. The van der Waals surface area contributed by atoms with Gasteiger partial charge in [0.15, 0.2) is 16.6 Å². The number of rotatable bonds is 5. The zero-order chi connectivity index (χ0) is 20.4. The van der Waals surface area contributed by atoms with Crippen molar-refractivity contribution in [1.29, 1.82) is 0 Å². The second kappa shape index (κ2) is 7.77. The lowest BCUT2D eigenvalue weighted by atomic mass is 9.81. The monoisotopic (exact) mass is 408 g/mol. The largest absolute Gasteiger partial charge is 0.493 e. The van der Waals surface area contributed by atoms with Crippen LogP contribution in [0.3, 0.4) is 0 Å². The summed E-state index contributed by atoms with van der Waals surface area (Å²) in [6.45, 7) is 1.27. The fraction of sp³-hybridized carbons (Fsp3) is 0.500. The first-order valence-electron chi connectivity index (χ1n) is 7.86. The number of halogens is 3. The summed E-state index contributed by atoms with van der Waals surface area (Å²) in [5, 5.41) is 14.3. The van der Waals surface area contributed by atoms with Gasteiger partial charge in [-0.15, -0.1) is 0 Å². The van der Waals surface area contributed by atoms with Gasteiger partial charge in [0.2, 0.25) is 0 Å². The Hall–Kier alpha value is -2.27. The van der Waals surface area contributed by atoms with Crippen LogP contribution in [0.4, 0.5) is 13.2 Å². The van der Waals surface area contributed by atoms with E-state index in [2.05, 4.69) is 5.32 Å². The summed E-state index contributed by atoms with van der Waals surface area (Å²) in [6, 6.07) is 3.10. The second-order valence-electron chi connectivity index (χ2n) is 5.65. The molecule has 0 amide bonds. The molecule has 2 rings (SSSR count). The average Bonchev–Trinajstić information content (AvgIpc) is 2.59. The average molecular weight is 408 g/mol. The number of carbonyl (C=O) groups is 1. The Morgan fingerprint density at radius 3 is 2.52 bits per heavy atom. The summed E-state index contributed by atoms with van der Waals surface area (Å²) in [7, 11) is 2.66. The van der Waals surface area contributed by atoms with Crippen LogP contribution in [0.5, 0.6) is 11.5 Å². The number of ether oxygens (including phenoxy) is 3. The Bertz CT molecular complexity index is 730. The molecule has 1 saturated heterocycles. The molecule has 0 unspecified atom stereocenters. The van der Waals surface area contributed by atoms with Crippen molar-refractivity contribution < 1.29 is 37.3 Å². The van der Waals surface area contributed by atoms with Crippen LogP contribution in [-0.2, 0) is 9.53 Å². The van der Waals surface area contributed by atoms with E-state index >= 15 is 0 Å². The van der Waals surface area contributed by atoms with E-state index in [0.717, 1.165) is 0 Å². The number of hydrogen-bond acceptors (Lipinski definition) is 6.